The predicted molar refractivity (Wildman–Crippen MR) is 270 cm³/mol. The van der Waals surface area contributed by atoms with Crippen molar-refractivity contribution in [2.75, 3.05) is 0 Å². The first-order valence-electron chi connectivity index (χ1n) is 24.3. The molecule has 5 unspecified atom stereocenters. The number of allylic oxidation sites excluding steroid dienone is 8. The van der Waals surface area contributed by atoms with E-state index in [9.17, 15) is 20.4 Å². The number of hydrogen-bond acceptors (Lipinski definition) is 4. The predicted octanol–water partition coefficient (Wildman–Crippen LogP) is 14.9. The Kier molecular flexibility index (Phi) is 13.3. The summed E-state index contributed by atoms with van der Waals surface area (Å²) in [7, 11) is 0. The minimum atomic E-state index is -1.11. The lowest BCUT2D eigenvalue weighted by molar-refractivity contribution is -0.0208. The van der Waals surface area contributed by atoms with Gasteiger partial charge in [-0.05, 0) is 71.5 Å². The van der Waals surface area contributed by atoms with Gasteiger partial charge in [0.25, 0.3) is 0 Å². The highest BCUT2D eigenvalue weighted by molar-refractivity contribution is 5.65. The SMILES string of the molecule is CC(C1=C(C(C)(C)C)CC(O)(C(C)(C)C)C=C1)C(C1=C(C(C)(C)C)CC(O)(C(C)(C)C)C=C1)(C1=C(C(C)(C)C)CC(O)(C(C)(C)C)C=C1)C1=C(C(C)(C)C)CC(O)(C(C)(C)C)C=C1. The number of hydrogen-bond donors (Lipinski definition) is 4. The monoisotopic (exact) mass is 869 g/mol. The number of aliphatic hydroxyl groups is 4. The van der Waals surface area contributed by atoms with Gasteiger partial charge in [0.05, 0.1) is 27.8 Å². The quantitative estimate of drug-likeness (QED) is 0.222. The molecule has 0 spiro atoms. The smallest absolute Gasteiger partial charge is 0.0916 e. The third kappa shape index (κ3) is 9.38. The molecule has 0 aliphatic heterocycles. The van der Waals surface area contributed by atoms with E-state index < -0.39 is 49.5 Å². The first-order valence-corrected chi connectivity index (χ1v) is 24.3. The second kappa shape index (κ2) is 15.7. The maximum atomic E-state index is 12.8. The molecule has 0 bridgehead atoms. The van der Waals surface area contributed by atoms with E-state index in [0.717, 1.165) is 0 Å². The van der Waals surface area contributed by atoms with Gasteiger partial charge in [-0.25, -0.2) is 0 Å². The van der Waals surface area contributed by atoms with E-state index in [4.69, 9.17) is 0 Å². The molecule has 0 saturated carbocycles. The van der Waals surface area contributed by atoms with Gasteiger partial charge >= 0.3 is 0 Å². The first kappa shape index (κ1) is 53.4. The molecule has 0 fully saturated rings. The molecule has 4 N–H and O–H groups in total. The summed E-state index contributed by atoms with van der Waals surface area (Å²) >= 11 is 0. The fraction of sp³-hybridized carbons (Fsp3) is 0.729. The van der Waals surface area contributed by atoms with Gasteiger partial charge in [-0.1, -0.05) is 244 Å². The van der Waals surface area contributed by atoms with Crippen molar-refractivity contribution < 1.29 is 20.4 Å². The largest absolute Gasteiger partial charge is 0.385 e. The molecule has 63 heavy (non-hydrogen) atoms. The summed E-state index contributed by atoms with van der Waals surface area (Å²) in [5.41, 5.74) is 1.18. The summed E-state index contributed by atoms with van der Waals surface area (Å²) in [5, 5.41) is 51.0. The Morgan fingerprint density at radius 1 is 0.349 bits per heavy atom. The lowest BCUT2D eigenvalue weighted by Crippen LogP contribution is -2.50. The van der Waals surface area contributed by atoms with Gasteiger partial charge in [-0.3, -0.25) is 0 Å². The summed E-state index contributed by atoms with van der Waals surface area (Å²) in [6, 6.07) is 0. The highest BCUT2D eigenvalue weighted by Crippen LogP contribution is 2.66. The van der Waals surface area contributed by atoms with E-state index in [1.54, 1.807) is 0 Å². The van der Waals surface area contributed by atoms with Crippen molar-refractivity contribution in [3.63, 3.8) is 0 Å². The highest BCUT2D eigenvalue weighted by Gasteiger charge is 2.58. The van der Waals surface area contributed by atoms with Crippen LogP contribution in [0.3, 0.4) is 0 Å². The maximum Gasteiger partial charge on any atom is 0.0916 e. The van der Waals surface area contributed by atoms with Crippen LogP contribution in [0, 0.1) is 54.7 Å². The Hall–Kier alpha value is -2.24. The van der Waals surface area contributed by atoms with Crippen molar-refractivity contribution >= 4 is 0 Å². The second-order valence-corrected chi connectivity index (χ2v) is 28.9. The Balaban J connectivity index is 2.53. The van der Waals surface area contributed by atoms with Crippen molar-refractivity contribution in [1.29, 1.82) is 0 Å². The van der Waals surface area contributed by atoms with Crippen molar-refractivity contribution in [3.8, 4) is 0 Å². The van der Waals surface area contributed by atoms with Gasteiger partial charge in [0.2, 0.25) is 0 Å². The molecule has 356 valence electrons. The van der Waals surface area contributed by atoms with E-state index in [1.165, 1.54) is 44.6 Å². The first-order chi connectivity index (χ1) is 27.6. The zero-order chi connectivity index (χ0) is 49.2. The standard InChI is InChI=1S/C59H96O4/c1-38(39-26-30-55(60,51(14,15)16)34-43(39)47(2,3)4)59(40-27-31-56(61,52(17,18)19)35-44(40)48(5,6)7,41-28-32-57(62,53(20,21)22)36-45(41)49(8,9)10)42-29-33-58(63,54(23,24)25)37-46(42)50(11,12)13/h26-33,38,60-63H,34-37H2,1-25H3. The molecule has 4 aliphatic rings. The van der Waals surface area contributed by atoms with E-state index in [-0.39, 0.29) is 27.6 Å². The molecule has 0 aromatic heterocycles. The molecule has 0 amide bonds. The van der Waals surface area contributed by atoms with Crippen molar-refractivity contribution in [2.24, 2.45) is 54.7 Å². The summed E-state index contributed by atoms with van der Waals surface area (Å²) in [5.74, 6) is -0.221. The van der Waals surface area contributed by atoms with Crippen molar-refractivity contribution in [2.45, 2.75) is 221 Å². The van der Waals surface area contributed by atoms with Crippen molar-refractivity contribution in [1.82, 2.24) is 0 Å². The normalized spacial score (nSPS) is 30.2. The molecular weight excluding hydrogens is 773 g/mol. The minimum absolute atomic E-state index is 0.221. The van der Waals surface area contributed by atoms with Crippen LogP contribution in [0.25, 0.3) is 0 Å². The van der Waals surface area contributed by atoms with Crippen LogP contribution in [0.5, 0.6) is 0 Å². The van der Waals surface area contributed by atoms with Crippen LogP contribution >= 0.6 is 0 Å². The molecule has 4 aliphatic carbocycles. The van der Waals surface area contributed by atoms with Gasteiger partial charge in [-0.2, -0.15) is 0 Å². The molecule has 4 nitrogen and oxygen atoms in total. The van der Waals surface area contributed by atoms with Gasteiger partial charge in [-0.15, -0.1) is 0 Å². The topological polar surface area (TPSA) is 80.9 Å². The summed E-state index contributed by atoms with van der Waals surface area (Å²) in [6.07, 6.45) is 19.4. The number of rotatable bonds is 5. The van der Waals surface area contributed by atoms with Crippen LogP contribution in [0.1, 0.15) is 199 Å². The molecular formula is C59H96O4. The third-order valence-electron chi connectivity index (χ3n) is 16.4. The summed E-state index contributed by atoms with van der Waals surface area (Å²) in [4.78, 5) is 0. The summed E-state index contributed by atoms with van der Waals surface area (Å²) in [6.45, 7) is 55.6. The maximum absolute atomic E-state index is 12.8. The summed E-state index contributed by atoms with van der Waals surface area (Å²) < 4.78 is 0. The van der Waals surface area contributed by atoms with Crippen LogP contribution in [-0.4, -0.2) is 42.8 Å². The lowest BCUT2D eigenvalue weighted by Gasteiger charge is -2.56. The molecule has 4 heteroatoms. The van der Waals surface area contributed by atoms with Crippen LogP contribution in [0.15, 0.2) is 93.2 Å². The van der Waals surface area contributed by atoms with Crippen LogP contribution < -0.4 is 0 Å². The Labute approximate surface area is 388 Å². The fourth-order valence-electron chi connectivity index (χ4n) is 10.6. The lowest BCUT2D eigenvalue weighted by atomic mass is 9.48. The van der Waals surface area contributed by atoms with Gasteiger partial charge in [0.15, 0.2) is 0 Å². The zero-order valence-corrected chi connectivity index (χ0v) is 45.3. The zero-order valence-electron chi connectivity index (χ0n) is 45.3. The fourth-order valence-corrected chi connectivity index (χ4v) is 10.6. The van der Waals surface area contributed by atoms with E-state index >= 15 is 0 Å². The van der Waals surface area contributed by atoms with Crippen LogP contribution in [0.2, 0.25) is 0 Å². The molecule has 4 rings (SSSR count). The van der Waals surface area contributed by atoms with E-state index in [0.29, 0.717) is 25.7 Å². The van der Waals surface area contributed by atoms with Crippen LogP contribution in [0.4, 0.5) is 0 Å². The minimum Gasteiger partial charge on any atom is -0.385 e. The molecule has 0 radical (unpaired) electrons. The molecule has 5 atom stereocenters. The van der Waals surface area contributed by atoms with E-state index in [1.807, 2.05) is 0 Å². The van der Waals surface area contributed by atoms with E-state index in [2.05, 4.69) is 222 Å². The van der Waals surface area contributed by atoms with Gasteiger partial charge in [0, 0.05) is 25.7 Å². The Morgan fingerprint density at radius 2 is 0.556 bits per heavy atom. The van der Waals surface area contributed by atoms with Gasteiger partial charge < -0.3 is 20.4 Å². The Morgan fingerprint density at radius 3 is 0.762 bits per heavy atom. The van der Waals surface area contributed by atoms with Crippen molar-refractivity contribution in [3.05, 3.63) is 93.2 Å². The molecule has 0 aromatic rings. The molecule has 0 heterocycles. The highest BCUT2D eigenvalue weighted by atomic mass is 16.3. The van der Waals surface area contributed by atoms with Gasteiger partial charge in [0.1, 0.15) is 0 Å². The molecule has 0 saturated heterocycles. The second-order valence-electron chi connectivity index (χ2n) is 28.9. The Bertz CT molecular complexity index is 1870. The van der Waals surface area contributed by atoms with Crippen LogP contribution in [-0.2, 0) is 0 Å². The molecule has 0 aromatic carbocycles. The average Bonchev–Trinajstić information content (AvgIpc) is 3.06. The average molecular weight is 869 g/mol. The third-order valence-corrected chi connectivity index (χ3v) is 16.4.